The van der Waals surface area contributed by atoms with Crippen LogP contribution in [-0.4, -0.2) is 16.1 Å². The molecule has 1 aromatic heterocycles. The molecule has 0 fully saturated rings. The van der Waals surface area contributed by atoms with Crippen molar-refractivity contribution in [3.63, 3.8) is 0 Å². The first-order chi connectivity index (χ1) is 14.3. The molecule has 0 unspecified atom stereocenters. The molecule has 0 aliphatic rings. The SMILES string of the molecule is Cc1cc(C)c2oc(-c3cccc(N=Cc4cc([N+](=O)[O-])cc(Br)c4[O-])c3)nc2c1. The second-order valence-electron chi connectivity index (χ2n) is 6.86. The normalized spacial score (nSPS) is 11.4. The van der Waals surface area contributed by atoms with Crippen molar-refractivity contribution in [2.75, 3.05) is 0 Å². The zero-order valence-electron chi connectivity index (χ0n) is 16.0. The summed E-state index contributed by atoms with van der Waals surface area (Å²) in [5, 5.41) is 23.3. The van der Waals surface area contributed by atoms with Crippen LogP contribution < -0.4 is 5.11 Å². The fraction of sp³-hybridized carbons (Fsp3) is 0.0909. The number of hydrogen-bond acceptors (Lipinski definition) is 6. The largest absolute Gasteiger partial charge is 0.871 e. The minimum Gasteiger partial charge on any atom is -0.871 e. The highest BCUT2D eigenvalue weighted by molar-refractivity contribution is 9.10. The first-order valence-electron chi connectivity index (χ1n) is 8.99. The van der Waals surface area contributed by atoms with Crippen LogP contribution in [0.1, 0.15) is 16.7 Å². The smallest absolute Gasteiger partial charge is 0.271 e. The molecule has 4 rings (SSSR count). The number of nitrogens with zero attached hydrogens (tertiary/aromatic N) is 3. The van der Waals surface area contributed by atoms with Gasteiger partial charge >= 0.3 is 0 Å². The van der Waals surface area contributed by atoms with Crippen LogP contribution in [0.2, 0.25) is 0 Å². The molecule has 0 amide bonds. The van der Waals surface area contributed by atoms with Crippen molar-refractivity contribution in [3.8, 4) is 17.2 Å². The Morgan fingerprint density at radius 2 is 1.97 bits per heavy atom. The molecule has 1 heterocycles. The van der Waals surface area contributed by atoms with Gasteiger partial charge in [0, 0.05) is 28.4 Å². The molecule has 4 aromatic rings. The second-order valence-corrected chi connectivity index (χ2v) is 7.72. The number of oxazole rings is 1. The predicted molar refractivity (Wildman–Crippen MR) is 116 cm³/mol. The maximum Gasteiger partial charge on any atom is 0.271 e. The van der Waals surface area contributed by atoms with Crippen molar-refractivity contribution in [2.24, 2.45) is 4.99 Å². The van der Waals surface area contributed by atoms with Gasteiger partial charge in [0.2, 0.25) is 5.89 Å². The third-order valence-electron chi connectivity index (χ3n) is 4.53. The molecule has 0 N–H and O–H groups in total. The van der Waals surface area contributed by atoms with E-state index in [9.17, 15) is 15.2 Å². The molecule has 0 radical (unpaired) electrons. The summed E-state index contributed by atoms with van der Waals surface area (Å²) >= 11 is 3.06. The fourth-order valence-corrected chi connectivity index (χ4v) is 3.63. The quantitative estimate of drug-likeness (QED) is 0.221. The number of fused-ring (bicyclic) bond motifs is 1. The average molecular weight is 465 g/mol. The molecular weight excluding hydrogens is 450 g/mol. The van der Waals surface area contributed by atoms with E-state index in [-0.39, 0.29) is 21.5 Å². The van der Waals surface area contributed by atoms with Gasteiger partial charge in [-0.1, -0.05) is 33.8 Å². The highest BCUT2D eigenvalue weighted by Gasteiger charge is 2.12. The van der Waals surface area contributed by atoms with Crippen LogP contribution in [0.5, 0.6) is 5.75 Å². The van der Waals surface area contributed by atoms with E-state index in [1.807, 2.05) is 32.0 Å². The van der Waals surface area contributed by atoms with Crippen molar-refractivity contribution in [1.29, 1.82) is 0 Å². The number of aromatic nitrogens is 1. The number of nitro groups is 1. The molecule has 0 aliphatic carbocycles. The summed E-state index contributed by atoms with van der Waals surface area (Å²) < 4.78 is 6.06. The number of benzene rings is 3. The van der Waals surface area contributed by atoms with Crippen LogP contribution in [0.4, 0.5) is 11.4 Å². The summed E-state index contributed by atoms with van der Waals surface area (Å²) in [5.41, 5.74) is 4.87. The molecule has 7 nitrogen and oxygen atoms in total. The van der Waals surface area contributed by atoms with E-state index in [1.165, 1.54) is 18.3 Å². The van der Waals surface area contributed by atoms with Crippen LogP contribution in [0.25, 0.3) is 22.6 Å². The van der Waals surface area contributed by atoms with Crippen molar-refractivity contribution in [3.05, 3.63) is 79.8 Å². The van der Waals surface area contributed by atoms with E-state index >= 15 is 0 Å². The molecule has 0 aliphatic heterocycles. The molecule has 0 saturated carbocycles. The molecule has 8 heteroatoms. The zero-order valence-corrected chi connectivity index (χ0v) is 17.6. The summed E-state index contributed by atoms with van der Waals surface area (Å²) in [4.78, 5) is 19.4. The first kappa shape index (κ1) is 19.8. The lowest BCUT2D eigenvalue weighted by Gasteiger charge is -2.12. The third kappa shape index (κ3) is 3.81. The topological polar surface area (TPSA) is 105 Å². The number of nitro benzene ring substituents is 1. The van der Waals surface area contributed by atoms with Crippen molar-refractivity contribution >= 4 is 44.6 Å². The van der Waals surface area contributed by atoms with Crippen LogP contribution in [0.15, 0.2) is 62.4 Å². The molecule has 30 heavy (non-hydrogen) atoms. The zero-order chi connectivity index (χ0) is 21.4. The van der Waals surface area contributed by atoms with Crippen molar-refractivity contribution < 1.29 is 14.4 Å². The van der Waals surface area contributed by atoms with Gasteiger partial charge < -0.3 is 9.52 Å². The number of aryl methyl sites for hydroxylation is 2. The van der Waals surface area contributed by atoms with Gasteiger partial charge in [0.1, 0.15) is 5.52 Å². The Morgan fingerprint density at radius 1 is 1.17 bits per heavy atom. The lowest BCUT2D eigenvalue weighted by atomic mass is 10.1. The van der Waals surface area contributed by atoms with Crippen molar-refractivity contribution in [2.45, 2.75) is 13.8 Å². The van der Waals surface area contributed by atoms with E-state index < -0.39 is 4.92 Å². The molecule has 0 atom stereocenters. The monoisotopic (exact) mass is 464 g/mol. The summed E-state index contributed by atoms with van der Waals surface area (Å²) in [6.45, 7) is 3.98. The van der Waals surface area contributed by atoms with E-state index in [0.717, 1.165) is 27.8 Å². The summed E-state index contributed by atoms with van der Waals surface area (Å²) in [6.07, 6.45) is 1.32. The number of aliphatic imine (C=N–C) groups is 1. The standard InChI is InChI=1S/C22H16BrN3O4/c1-12-6-13(2)21-19(7-12)25-22(30-21)14-4-3-5-16(8-14)24-11-15-9-17(26(28)29)10-18(23)20(15)27/h3-11,27H,1-2H3/p-1. The van der Waals surface area contributed by atoms with Gasteiger partial charge in [0.05, 0.1) is 10.6 Å². The maximum atomic E-state index is 12.2. The Kier molecular flexibility index (Phi) is 5.09. The van der Waals surface area contributed by atoms with Gasteiger partial charge in [-0.25, -0.2) is 4.98 Å². The van der Waals surface area contributed by atoms with Crippen molar-refractivity contribution in [1.82, 2.24) is 4.98 Å². The lowest BCUT2D eigenvalue weighted by Crippen LogP contribution is -1.99. The maximum absolute atomic E-state index is 12.2. The van der Waals surface area contributed by atoms with E-state index in [0.29, 0.717) is 11.6 Å². The molecular formula is C22H15BrN3O4-. The van der Waals surface area contributed by atoms with Gasteiger partial charge in [0.25, 0.3) is 5.69 Å². The van der Waals surface area contributed by atoms with E-state index in [2.05, 4.69) is 25.9 Å². The highest BCUT2D eigenvalue weighted by Crippen LogP contribution is 2.31. The Bertz CT molecular complexity index is 1330. The third-order valence-corrected chi connectivity index (χ3v) is 5.12. The second kappa shape index (κ2) is 7.72. The first-order valence-corrected chi connectivity index (χ1v) is 9.78. The fourth-order valence-electron chi connectivity index (χ4n) is 3.16. The number of halogens is 1. The minimum absolute atomic E-state index is 0.115. The van der Waals surface area contributed by atoms with Gasteiger partial charge in [-0.15, -0.1) is 0 Å². The highest BCUT2D eigenvalue weighted by atomic mass is 79.9. The van der Waals surface area contributed by atoms with Crippen LogP contribution in [0, 0.1) is 24.0 Å². The Morgan fingerprint density at radius 3 is 2.73 bits per heavy atom. The van der Waals surface area contributed by atoms with E-state index in [1.54, 1.807) is 18.2 Å². The minimum atomic E-state index is -0.556. The van der Waals surface area contributed by atoms with Crippen LogP contribution in [-0.2, 0) is 0 Å². The predicted octanol–water partition coefficient (Wildman–Crippen LogP) is 5.61. The Hall–Kier alpha value is -3.52. The number of rotatable bonds is 4. The van der Waals surface area contributed by atoms with Gasteiger partial charge in [-0.05, 0) is 54.8 Å². The van der Waals surface area contributed by atoms with E-state index in [4.69, 9.17) is 4.42 Å². The molecule has 0 spiro atoms. The van der Waals surface area contributed by atoms with Gasteiger partial charge in [-0.2, -0.15) is 0 Å². The number of non-ortho nitro benzene ring substituents is 1. The Balaban J connectivity index is 1.70. The molecule has 3 aromatic carbocycles. The molecule has 0 bridgehead atoms. The summed E-state index contributed by atoms with van der Waals surface area (Å²) in [7, 11) is 0. The molecule has 150 valence electrons. The molecule has 0 saturated heterocycles. The average Bonchev–Trinajstić information content (AvgIpc) is 3.13. The Labute approximate surface area is 180 Å². The van der Waals surface area contributed by atoms with Gasteiger partial charge in [0.15, 0.2) is 5.58 Å². The van der Waals surface area contributed by atoms with Gasteiger partial charge in [-0.3, -0.25) is 15.1 Å². The summed E-state index contributed by atoms with van der Waals surface area (Å²) in [5.74, 6) is 0.101. The number of hydrogen-bond donors (Lipinski definition) is 0. The van der Waals surface area contributed by atoms with Crippen LogP contribution >= 0.6 is 15.9 Å². The summed E-state index contributed by atoms with van der Waals surface area (Å²) in [6, 6.07) is 13.6. The lowest BCUT2D eigenvalue weighted by molar-refractivity contribution is -0.385. The van der Waals surface area contributed by atoms with Crippen LogP contribution in [0.3, 0.4) is 0 Å².